The second kappa shape index (κ2) is 5.23. The summed E-state index contributed by atoms with van der Waals surface area (Å²) in [4.78, 5) is 11.8. The topological polar surface area (TPSA) is 59.4 Å². The lowest BCUT2D eigenvalue weighted by Gasteiger charge is -2.38. The van der Waals surface area contributed by atoms with Crippen LogP contribution < -0.4 is 0 Å². The van der Waals surface area contributed by atoms with Crippen molar-refractivity contribution in [3.8, 4) is 11.3 Å². The summed E-state index contributed by atoms with van der Waals surface area (Å²) in [5.74, 6) is 1.64. The average Bonchev–Trinajstić information content (AvgIpc) is 3.15. The molecule has 3 aromatic rings. The molecule has 1 fully saturated rings. The highest BCUT2D eigenvalue weighted by Gasteiger charge is 2.33. The average molecular weight is 295 g/mol. The van der Waals surface area contributed by atoms with Crippen LogP contribution in [0.4, 0.5) is 0 Å². The first kappa shape index (κ1) is 13.5. The van der Waals surface area contributed by atoms with Gasteiger partial charge < -0.3 is 4.98 Å². The Morgan fingerprint density at radius 2 is 2.23 bits per heavy atom. The summed E-state index contributed by atoms with van der Waals surface area (Å²) < 4.78 is 2.15. The Morgan fingerprint density at radius 1 is 1.36 bits per heavy atom. The molecule has 5 nitrogen and oxygen atoms in total. The van der Waals surface area contributed by atoms with E-state index in [1.807, 2.05) is 18.5 Å². The van der Waals surface area contributed by atoms with Crippen molar-refractivity contribution in [2.45, 2.75) is 39.2 Å². The van der Waals surface area contributed by atoms with Crippen LogP contribution in [0.5, 0.6) is 0 Å². The fraction of sp³-hybridized carbons (Fsp3) is 0.471. The molecule has 0 unspecified atom stereocenters. The van der Waals surface area contributed by atoms with Gasteiger partial charge in [0.25, 0.3) is 0 Å². The summed E-state index contributed by atoms with van der Waals surface area (Å²) in [6.45, 7) is 4.59. The zero-order valence-corrected chi connectivity index (χ0v) is 13.0. The molecule has 0 aromatic carbocycles. The summed E-state index contributed by atoms with van der Waals surface area (Å²) in [5.41, 5.74) is 2.89. The predicted molar refractivity (Wildman–Crippen MR) is 86.3 cm³/mol. The molecule has 3 aromatic heterocycles. The molecule has 0 bridgehead atoms. The Labute approximate surface area is 129 Å². The molecule has 0 aliphatic heterocycles. The van der Waals surface area contributed by atoms with Crippen molar-refractivity contribution in [3.05, 3.63) is 31.0 Å². The van der Waals surface area contributed by atoms with Crippen LogP contribution in [0.2, 0.25) is 0 Å². The molecule has 4 rings (SSSR count). The molecule has 114 valence electrons. The Kier molecular flexibility index (Phi) is 3.21. The molecule has 1 aliphatic carbocycles. The molecule has 1 aliphatic rings. The highest BCUT2D eigenvalue weighted by molar-refractivity contribution is 5.89. The van der Waals surface area contributed by atoms with Gasteiger partial charge in [-0.1, -0.05) is 13.8 Å². The van der Waals surface area contributed by atoms with Gasteiger partial charge >= 0.3 is 0 Å². The molecule has 5 heteroatoms. The zero-order chi connectivity index (χ0) is 15.1. The van der Waals surface area contributed by atoms with Crippen molar-refractivity contribution < 1.29 is 0 Å². The van der Waals surface area contributed by atoms with Gasteiger partial charge in [-0.2, -0.15) is 5.10 Å². The van der Waals surface area contributed by atoms with E-state index in [2.05, 4.69) is 44.8 Å². The standard InChI is InChI=1S/C17H21N5/c1-3-15(12-6-11(2)7-12)22-9-13(8-21-22)16-14-4-5-18-17(14)20-10-19-16/h4-5,8-12,15H,3,6-7H2,1-2H3,(H,18,19,20)/t11?,12?,15-/m0/s1. The van der Waals surface area contributed by atoms with Gasteiger partial charge in [0, 0.05) is 23.3 Å². The van der Waals surface area contributed by atoms with E-state index in [4.69, 9.17) is 0 Å². The first-order chi connectivity index (χ1) is 10.8. The minimum absolute atomic E-state index is 0.508. The summed E-state index contributed by atoms with van der Waals surface area (Å²) in [5, 5.41) is 5.68. The third-order valence-corrected chi connectivity index (χ3v) is 4.94. The van der Waals surface area contributed by atoms with Crippen molar-refractivity contribution in [3.63, 3.8) is 0 Å². The van der Waals surface area contributed by atoms with Crippen LogP contribution in [-0.4, -0.2) is 24.7 Å². The van der Waals surface area contributed by atoms with Crippen LogP contribution in [0.3, 0.4) is 0 Å². The van der Waals surface area contributed by atoms with E-state index in [0.29, 0.717) is 6.04 Å². The smallest absolute Gasteiger partial charge is 0.141 e. The van der Waals surface area contributed by atoms with Crippen LogP contribution in [0, 0.1) is 11.8 Å². The second-order valence-corrected chi connectivity index (χ2v) is 6.48. The highest BCUT2D eigenvalue weighted by Crippen LogP contribution is 2.42. The number of rotatable bonds is 4. The van der Waals surface area contributed by atoms with E-state index in [1.54, 1.807) is 6.33 Å². The van der Waals surface area contributed by atoms with Crippen molar-refractivity contribution in [2.75, 3.05) is 0 Å². The molecule has 0 amide bonds. The van der Waals surface area contributed by atoms with Crippen molar-refractivity contribution in [2.24, 2.45) is 11.8 Å². The summed E-state index contributed by atoms with van der Waals surface area (Å²) in [7, 11) is 0. The van der Waals surface area contributed by atoms with Crippen molar-refractivity contribution >= 4 is 11.0 Å². The Balaban J connectivity index is 1.67. The van der Waals surface area contributed by atoms with Gasteiger partial charge in [-0.05, 0) is 37.2 Å². The third-order valence-electron chi connectivity index (χ3n) is 4.94. The monoisotopic (exact) mass is 295 g/mol. The van der Waals surface area contributed by atoms with Gasteiger partial charge in [0.2, 0.25) is 0 Å². The summed E-state index contributed by atoms with van der Waals surface area (Å²) in [6, 6.07) is 2.53. The van der Waals surface area contributed by atoms with Crippen LogP contribution in [0.15, 0.2) is 31.0 Å². The summed E-state index contributed by atoms with van der Waals surface area (Å²) >= 11 is 0. The van der Waals surface area contributed by atoms with Gasteiger partial charge in [0.15, 0.2) is 0 Å². The van der Waals surface area contributed by atoms with Crippen LogP contribution in [0.1, 0.15) is 39.2 Å². The number of nitrogens with zero attached hydrogens (tertiary/aromatic N) is 4. The summed E-state index contributed by atoms with van der Waals surface area (Å²) in [6.07, 6.45) is 11.4. The number of fused-ring (bicyclic) bond motifs is 1. The third kappa shape index (κ3) is 2.12. The molecule has 1 atom stereocenters. The maximum atomic E-state index is 4.63. The number of hydrogen-bond donors (Lipinski definition) is 1. The highest BCUT2D eigenvalue weighted by atomic mass is 15.3. The number of aromatic nitrogens is 5. The number of hydrogen-bond acceptors (Lipinski definition) is 3. The lowest BCUT2D eigenvalue weighted by Crippen LogP contribution is -2.30. The first-order valence-electron chi connectivity index (χ1n) is 8.09. The van der Waals surface area contributed by atoms with Gasteiger partial charge in [-0.25, -0.2) is 9.97 Å². The Bertz CT molecular complexity index is 781. The van der Waals surface area contributed by atoms with E-state index in [-0.39, 0.29) is 0 Å². The molecule has 22 heavy (non-hydrogen) atoms. The number of H-pyrrole nitrogens is 1. The Hall–Kier alpha value is -2.17. The van der Waals surface area contributed by atoms with Crippen molar-refractivity contribution in [1.82, 2.24) is 24.7 Å². The number of nitrogens with one attached hydrogen (secondary N) is 1. The van der Waals surface area contributed by atoms with Crippen LogP contribution >= 0.6 is 0 Å². The first-order valence-corrected chi connectivity index (χ1v) is 8.09. The zero-order valence-electron chi connectivity index (χ0n) is 13.0. The van der Waals surface area contributed by atoms with E-state index < -0.39 is 0 Å². The largest absolute Gasteiger partial charge is 0.346 e. The SMILES string of the molecule is CC[C@@H](C1CC(C)C1)n1cc(-c2ncnc3[nH]ccc23)cn1. The van der Waals surface area contributed by atoms with E-state index in [0.717, 1.165) is 40.5 Å². The van der Waals surface area contributed by atoms with Gasteiger partial charge in [0.05, 0.1) is 17.9 Å². The van der Waals surface area contributed by atoms with Crippen LogP contribution in [0.25, 0.3) is 22.3 Å². The molecule has 1 saturated carbocycles. The Morgan fingerprint density at radius 3 is 3.00 bits per heavy atom. The maximum Gasteiger partial charge on any atom is 0.141 e. The van der Waals surface area contributed by atoms with E-state index >= 15 is 0 Å². The minimum Gasteiger partial charge on any atom is -0.346 e. The molecular weight excluding hydrogens is 274 g/mol. The molecular formula is C17H21N5. The van der Waals surface area contributed by atoms with Gasteiger partial charge in [-0.15, -0.1) is 0 Å². The maximum absolute atomic E-state index is 4.63. The number of aromatic amines is 1. The minimum atomic E-state index is 0.508. The van der Waals surface area contributed by atoms with E-state index in [9.17, 15) is 0 Å². The molecule has 0 spiro atoms. The normalized spacial score (nSPS) is 22.6. The van der Waals surface area contributed by atoms with Gasteiger partial charge in [0.1, 0.15) is 12.0 Å². The molecule has 0 saturated heterocycles. The molecule has 0 radical (unpaired) electrons. The fourth-order valence-electron chi connectivity index (χ4n) is 3.76. The quantitative estimate of drug-likeness (QED) is 0.796. The predicted octanol–water partition coefficient (Wildman–Crippen LogP) is 3.82. The molecule has 3 heterocycles. The lowest BCUT2D eigenvalue weighted by atomic mass is 9.71. The lowest BCUT2D eigenvalue weighted by molar-refractivity contribution is 0.129. The fourth-order valence-corrected chi connectivity index (χ4v) is 3.76. The van der Waals surface area contributed by atoms with E-state index in [1.165, 1.54) is 12.8 Å². The van der Waals surface area contributed by atoms with Gasteiger partial charge in [-0.3, -0.25) is 4.68 Å². The van der Waals surface area contributed by atoms with Crippen LogP contribution in [-0.2, 0) is 0 Å². The van der Waals surface area contributed by atoms with Crippen molar-refractivity contribution in [1.29, 1.82) is 0 Å². The molecule has 1 N–H and O–H groups in total. The second-order valence-electron chi connectivity index (χ2n) is 6.48.